The predicted octanol–water partition coefficient (Wildman–Crippen LogP) is 4.15. The number of aromatic nitrogens is 4. The Bertz CT molecular complexity index is 1280. The summed E-state index contributed by atoms with van der Waals surface area (Å²) in [5.74, 6) is -0.546. The van der Waals surface area contributed by atoms with Crippen molar-refractivity contribution in [1.29, 1.82) is 0 Å². The van der Waals surface area contributed by atoms with Gasteiger partial charge in [0.05, 0.1) is 0 Å². The lowest BCUT2D eigenvalue weighted by molar-refractivity contribution is -0.142. The van der Waals surface area contributed by atoms with Crippen LogP contribution in [0.2, 0.25) is 0 Å². The Hall–Kier alpha value is -4.53. The summed E-state index contributed by atoms with van der Waals surface area (Å²) in [5, 5.41) is 27.2. The van der Waals surface area contributed by atoms with Crippen LogP contribution in [0.25, 0.3) is 22.5 Å². The number of aromatic amines is 1. The normalized spacial score (nSPS) is 11.6. The molecule has 9 nitrogen and oxygen atoms in total. The van der Waals surface area contributed by atoms with E-state index >= 15 is 0 Å². The zero-order valence-corrected chi connectivity index (χ0v) is 20.0. The first-order valence-electron chi connectivity index (χ1n) is 11.8. The van der Waals surface area contributed by atoms with Crippen LogP contribution in [0.5, 0.6) is 0 Å². The molecule has 0 aliphatic heterocycles. The number of carbonyl (C=O) groups excluding carboxylic acids is 1. The monoisotopic (exact) mass is 484 g/mol. The summed E-state index contributed by atoms with van der Waals surface area (Å²) in [7, 11) is 0. The van der Waals surface area contributed by atoms with Gasteiger partial charge in [0.1, 0.15) is 6.04 Å². The minimum absolute atomic E-state index is 0.159. The number of carbonyl (C=O) groups is 2. The maximum Gasteiger partial charge on any atom is 0.326 e. The molecule has 184 valence electrons. The zero-order chi connectivity index (χ0) is 25.3. The van der Waals surface area contributed by atoms with Crippen molar-refractivity contribution in [3.63, 3.8) is 0 Å². The Morgan fingerprint density at radius 2 is 1.64 bits per heavy atom. The maximum absolute atomic E-state index is 13.0. The fourth-order valence-electron chi connectivity index (χ4n) is 4.02. The van der Waals surface area contributed by atoms with Crippen molar-refractivity contribution < 1.29 is 14.7 Å². The first kappa shape index (κ1) is 24.6. The number of nitrogens with one attached hydrogen (secondary N) is 2. The van der Waals surface area contributed by atoms with Gasteiger partial charge in [-0.15, -0.1) is 10.2 Å². The van der Waals surface area contributed by atoms with Crippen LogP contribution in [0, 0.1) is 0 Å². The first-order chi connectivity index (χ1) is 17.6. The first-order valence-corrected chi connectivity index (χ1v) is 11.8. The lowest BCUT2D eigenvalue weighted by Crippen LogP contribution is -2.50. The van der Waals surface area contributed by atoms with Crippen molar-refractivity contribution in [2.75, 3.05) is 6.54 Å². The topological polar surface area (TPSA) is 124 Å². The SMILES string of the molecule is CCCNC(=O)N(Cc1ccc(-c2ccccc2-c2nn[nH]n2)cc1)[C@@H](Cc1ccccc1)C(=O)O. The van der Waals surface area contributed by atoms with E-state index in [0.29, 0.717) is 12.4 Å². The number of nitrogens with zero attached hydrogens (tertiary/aromatic N) is 4. The smallest absolute Gasteiger partial charge is 0.326 e. The van der Waals surface area contributed by atoms with Gasteiger partial charge in [-0.1, -0.05) is 85.8 Å². The van der Waals surface area contributed by atoms with Crippen LogP contribution in [-0.4, -0.2) is 55.2 Å². The van der Waals surface area contributed by atoms with Crippen LogP contribution in [0.15, 0.2) is 78.9 Å². The van der Waals surface area contributed by atoms with Gasteiger partial charge in [-0.3, -0.25) is 0 Å². The van der Waals surface area contributed by atoms with Gasteiger partial charge in [-0.2, -0.15) is 5.21 Å². The predicted molar refractivity (Wildman–Crippen MR) is 136 cm³/mol. The van der Waals surface area contributed by atoms with Gasteiger partial charge < -0.3 is 15.3 Å². The quantitative estimate of drug-likeness (QED) is 0.311. The molecule has 4 aromatic rings. The highest BCUT2D eigenvalue weighted by atomic mass is 16.4. The fourth-order valence-corrected chi connectivity index (χ4v) is 4.02. The van der Waals surface area contributed by atoms with E-state index < -0.39 is 18.0 Å². The summed E-state index contributed by atoms with van der Waals surface area (Å²) in [4.78, 5) is 26.7. The number of carboxylic acids is 1. The standard InChI is InChI=1S/C27H28N6O3/c1-2-16-28-27(36)33(24(26(34)35)17-19-8-4-3-5-9-19)18-20-12-14-21(15-13-20)22-10-6-7-11-23(22)25-29-31-32-30-25/h3-15,24H,2,16-18H2,1H3,(H,28,36)(H,34,35)(H,29,30,31,32)/t24-/m0/s1. The number of tetrazole rings is 1. The molecule has 0 unspecified atom stereocenters. The van der Waals surface area contributed by atoms with Gasteiger partial charge >= 0.3 is 12.0 Å². The van der Waals surface area contributed by atoms with Crippen molar-refractivity contribution in [2.24, 2.45) is 0 Å². The molecule has 0 bridgehead atoms. The molecule has 0 aliphatic carbocycles. The molecule has 4 rings (SSSR count). The number of amides is 2. The Morgan fingerprint density at radius 1 is 0.944 bits per heavy atom. The van der Waals surface area contributed by atoms with Crippen LogP contribution in [0.4, 0.5) is 4.79 Å². The molecule has 0 radical (unpaired) electrons. The van der Waals surface area contributed by atoms with Crippen molar-refractivity contribution in [1.82, 2.24) is 30.8 Å². The number of urea groups is 1. The van der Waals surface area contributed by atoms with E-state index in [1.807, 2.05) is 85.8 Å². The Balaban J connectivity index is 1.60. The highest BCUT2D eigenvalue weighted by Crippen LogP contribution is 2.30. The van der Waals surface area contributed by atoms with E-state index in [-0.39, 0.29) is 13.0 Å². The lowest BCUT2D eigenvalue weighted by atomic mass is 9.98. The second-order valence-corrected chi connectivity index (χ2v) is 8.38. The second kappa shape index (κ2) is 11.7. The molecule has 36 heavy (non-hydrogen) atoms. The molecule has 3 aromatic carbocycles. The number of hydrogen-bond acceptors (Lipinski definition) is 5. The molecule has 0 saturated carbocycles. The molecule has 1 atom stereocenters. The molecule has 3 N–H and O–H groups in total. The molecule has 2 amide bonds. The highest BCUT2D eigenvalue weighted by molar-refractivity contribution is 5.83. The Kier molecular flexibility index (Phi) is 8.02. The van der Waals surface area contributed by atoms with Gasteiger partial charge in [0.25, 0.3) is 0 Å². The Morgan fingerprint density at radius 3 is 2.28 bits per heavy atom. The third kappa shape index (κ3) is 5.93. The van der Waals surface area contributed by atoms with Crippen molar-refractivity contribution in [3.05, 3.63) is 90.0 Å². The van der Waals surface area contributed by atoms with Gasteiger partial charge in [0.2, 0.25) is 5.82 Å². The van der Waals surface area contributed by atoms with E-state index in [1.165, 1.54) is 4.90 Å². The average molecular weight is 485 g/mol. The third-order valence-electron chi connectivity index (χ3n) is 5.85. The number of carboxylic acid groups (broad SMARTS) is 1. The third-order valence-corrected chi connectivity index (χ3v) is 5.85. The molecule has 0 spiro atoms. The molecular weight excluding hydrogens is 456 g/mol. The van der Waals surface area contributed by atoms with E-state index in [0.717, 1.165) is 34.2 Å². The summed E-state index contributed by atoms with van der Waals surface area (Å²) < 4.78 is 0. The summed E-state index contributed by atoms with van der Waals surface area (Å²) in [6.07, 6.45) is 0.969. The minimum atomic E-state index is -1.05. The van der Waals surface area contributed by atoms with Crippen LogP contribution >= 0.6 is 0 Å². The summed E-state index contributed by atoms with van der Waals surface area (Å²) in [6, 6.07) is 23.4. The average Bonchev–Trinajstić information content (AvgIpc) is 3.45. The second-order valence-electron chi connectivity index (χ2n) is 8.38. The lowest BCUT2D eigenvalue weighted by Gasteiger charge is -2.29. The van der Waals surface area contributed by atoms with Crippen molar-refractivity contribution >= 4 is 12.0 Å². The zero-order valence-electron chi connectivity index (χ0n) is 20.0. The molecule has 0 aliphatic rings. The summed E-state index contributed by atoms with van der Waals surface area (Å²) >= 11 is 0. The highest BCUT2D eigenvalue weighted by Gasteiger charge is 2.30. The number of H-pyrrole nitrogens is 1. The Labute approximate surface area is 209 Å². The number of hydrogen-bond donors (Lipinski definition) is 3. The fraction of sp³-hybridized carbons (Fsp3) is 0.222. The van der Waals surface area contributed by atoms with Gasteiger partial charge in [-0.25, -0.2) is 9.59 Å². The molecule has 1 aromatic heterocycles. The minimum Gasteiger partial charge on any atom is -0.480 e. The van der Waals surface area contributed by atoms with E-state index in [2.05, 4.69) is 25.9 Å². The molecule has 0 fully saturated rings. The van der Waals surface area contributed by atoms with Crippen LogP contribution < -0.4 is 5.32 Å². The van der Waals surface area contributed by atoms with Crippen molar-refractivity contribution in [2.45, 2.75) is 32.4 Å². The number of rotatable bonds is 10. The van der Waals surface area contributed by atoms with Crippen LogP contribution in [-0.2, 0) is 17.8 Å². The van der Waals surface area contributed by atoms with Crippen LogP contribution in [0.3, 0.4) is 0 Å². The summed E-state index contributed by atoms with van der Waals surface area (Å²) in [6.45, 7) is 2.58. The van der Waals surface area contributed by atoms with Gasteiger partial charge in [0.15, 0.2) is 0 Å². The number of aliphatic carboxylic acids is 1. The van der Waals surface area contributed by atoms with Gasteiger partial charge in [-0.05, 0) is 33.9 Å². The van der Waals surface area contributed by atoms with Crippen molar-refractivity contribution in [3.8, 4) is 22.5 Å². The molecular formula is C27H28N6O3. The summed E-state index contributed by atoms with van der Waals surface area (Å²) in [5.41, 5.74) is 4.40. The maximum atomic E-state index is 13.0. The number of benzene rings is 3. The molecule has 9 heteroatoms. The largest absolute Gasteiger partial charge is 0.480 e. The van der Waals surface area contributed by atoms with E-state index in [4.69, 9.17) is 0 Å². The van der Waals surface area contributed by atoms with E-state index in [9.17, 15) is 14.7 Å². The molecule has 1 heterocycles. The molecule has 0 saturated heterocycles. The van der Waals surface area contributed by atoms with Gasteiger partial charge in [0, 0.05) is 25.1 Å². The van der Waals surface area contributed by atoms with E-state index in [1.54, 1.807) is 0 Å². The van der Waals surface area contributed by atoms with Crippen LogP contribution in [0.1, 0.15) is 24.5 Å².